The van der Waals surface area contributed by atoms with Gasteiger partial charge in [0.25, 0.3) is 0 Å². The molecule has 0 saturated carbocycles. The Morgan fingerprint density at radius 3 is 1.29 bits per heavy atom. The summed E-state index contributed by atoms with van der Waals surface area (Å²) in [4.78, 5) is 27.5. The summed E-state index contributed by atoms with van der Waals surface area (Å²) >= 11 is 0. The Morgan fingerprint density at radius 2 is 0.818 bits per heavy atom. The lowest BCUT2D eigenvalue weighted by Crippen LogP contribution is -2.34. The van der Waals surface area contributed by atoms with E-state index in [1.165, 1.54) is 96.3 Å². The Morgan fingerprint density at radius 1 is 0.455 bits per heavy atom. The molecule has 0 amide bonds. The van der Waals surface area contributed by atoms with E-state index in [0.717, 1.165) is 129 Å². The van der Waals surface area contributed by atoms with Gasteiger partial charge in [0.2, 0.25) is 0 Å². The van der Waals surface area contributed by atoms with Gasteiger partial charge in [0.1, 0.15) is 12.2 Å². The highest BCUT2D eigenvalue weighted by Crippen LogP contribution is 2.19. The molecule has 0 aromatic heterocycles. The first kappa shape index (κ1) is 53.8. The second-order valence-electron chi connectivity index (χ2n) is 16.8. The number of aliphatic hydroxyl groups is 2. The van der Waals surface area contributed by atoms with E-state index in [2.05, 4.69) is 32.6 Å². The van der Waals surface area contributed by atoms with E-state index in [-0.39, 0.29) is 36.9 Å². The van der Waals surface area contributed by atoms with Crippen molar-refractivity contribution >= 4 is 11.9 Å². The maximum absolute atomic E-state index is 12.8. The van der Waals surface area contributed by atoms with Gasteiger partial charge in [-0.1, -0.05) is 156 Å². The molecule has 0 rings (SSSR count). The summed E-state index contributed by atoms with van der Waals surface area (Å²) in [5, 5.41) is 20.2. The molecular formula is C48H95NO6. The van der Waals surface area contributed by atoms with Gasteiger partial charge in [0.15, 0.2) is 0 Å². The number of nitrogens with zero attached hydrogens (tertiary/aromatic N) is 1. The molecule has 0 fully saturated rings. The monoisotopic (exact) mass is 782 g/mol. The molecule has 0 bridgehead atoms. The molecule has 0 spiro atoms. The van der Waals surface area contributed by atoms with E-state index >= 15 is 0 Å². The zero-order valence-corrected chi connectivity index (χ0v) is 37.3. The highest BCUT2D eigenvalue weighted by atomic mass is 16.5. The minimum absolute atomic E-state index is 0.0342. The number of unbranched alkanes of at least 4 members (excludes halogenated alkanes) is 22. The van der Waals surface area contributed by atoms with E-state index in [0.29, 0.717) is 19.4 Å². The highest BCUT2D eigenvalue weighted by Gasteiger charge is 2.16. The van der Waals surface area contributed by atoms with Crippen molar-refractivity contribution in [3.63, 3.8) is 0 Å². The number of rotatable bonds is 44. The minimum Gasteiger partial charge on any atom is -0.462 e. The zero-order chi connectivity index (χ0) is 40.5. The second-order valence-corrected chi connectivity index (χ2v) is 16.8. The predicted molar refractivity (Wildman–Crippen MR) is 234 cm³/mol. The van der Waals surface area contributed by atoms with Crippen molar-refractivity contribution in [3.05, 3.63) is 0 Å². The molecule has 0 aromatic carbocycles. The Kier molecular flexibility index (Phi) is 41.5. The molecule has 0 aliphatic carbocycles. The maximum Gasteiger partial charge on any atom is 0.306 e. The quantitative estimate of drug-likeness (QED) is 0.0469. The van der Waals surface area contributed by atoms with Gasteiger partial charge in [-0.3, -0.25) is 9.59 Å². The molecule has 0 aliphatic heterocycles. The molecule has 2 atom stereocenters. The van der Waals surface area contributed by atoms with Gasteiger partial charge >= 0.3 is 11.9 Å². The fraction of sp³-hybridized carbons (Fsp3) is 0.958. The van der Waals surface area contributed by atoms with Crippen molar-refractivity contribution in [2.75, 3.05) is 26.2 Å². The van der Waals surface area contributed by atoms with Crippen molar-refractivity contribution in [1.82, 2.24) is 4.90 Å². The van der Waals surface area contributed by atoms with Crippen LogP contribution in [0.5, 0.6) is 0 Å². The van der Waals surface area contributed by atoms with Crippen LogP contribution in [0.2, 0.25) is 0 Å². The number of hydrogen-bond acceptors (Lipinski definition) is 7. The summed E-state index contributed by atoms with van der Waals surface area (Å²) in [6, 6.07) is 0. The lowest BCUT2D eigenvalue weighted by atomic mass is 10.0. The van der Waals surface area contributed by atoms with Gasteiger partial charge in [-0.2, -0.15) is 0 Å². The summed E-state index contributed by atoms with van der Waals surface area (Å²) in [5.74, 6) is -0.0745. The molecule has 328 valence electrons. The lowest BCUT2D eigenvalue weighted by Gasteiger charge is -2.25. The topological polar surface area (TPSA) is 96.3 Å². The number of carbonyl (C=O) groups is 2. The van der Waals surface area contributed by atoms with Crippen LogP contribution in [-0.2, 0) is 19.1 Å². The molecule has 2 N–H and O–H groups in total. The molecule has 0 aliphatic rings. The third-order valence-corrected chi connectivity index (χ3v) is 11.3. The first-order valence-corrected chi connectivity index (χ1v) is 24.3. The van der Waals surface area contributed by atoms with Gasteiger partial charge in [-0.05, 0) is 96.6 Å². The van der Waals surface area contributed by atoms with E-state index in [1.54, 1.807) is 0 Å². The lowest BCUT2D eigenvalue weighted by molar-refractivity contribution is -0.150. The molecule has 0 saturated heterocycles. The Hall–Kier alpha value is -1.18. The summed E-state index contributed by atoms with van der Waals surface area (Å²) in [6.45, 7) is 11.6. The molecule has 7 heteroatoms. The Labute approximate surface area is 342 Å². The van der Waals surface area contributed by atoms with Crippen LogP contribution in [0.1, 0.15) is 252 Å². The summed E-state index contributed by atoms with van der Waals surface area (Å²) in [7, 11) is 0. The molecule has 55 heavy (non-hydrogen) atoms. The first-order valence-electron chi connectivity index (χ1n) is 24.3. The number of hydrogen-bond donors (Lipinski definition) is 2. The van der Waals surface area contributed by atoms with E-state index in [1.807, 2.05) is 0 Å². The van der Waals surface area contributed by atoms with Crippen molar-refractivity contribution < 1.29 is 29.3 Å². The third kappa shape index (κ3) is 38.1. The second kappa shape index (κ2) is 42.4. The summed E-state index contributed by atoms with van der Waals surface area (Å²) in [6.07, 6.45) is 37.8. The zero-order valence-electron chi connectivity index (χ0n) is 37.3. The minimum atomic E-state index is -0.376. The van der Waals surface area contributed by atoms with Gasteiger partial charge in [-0.15, -0.1) is 0 Å². The van der Waals surface area contributed by atoms with Crippen molar-refractivity contribution in [2.45, 2.75) is 271 Å². The number of aliphatic hydroxyl groups excluding tert-OH is 2. The smallest absolute Gasteiger partial charge is 0.306 e. The Balaban J connectivity index is 4.32. The number of esters is 2. The largest absolute Gasteiger partial charge is 0.462 e. The summed E-state index contributed by atoms with van der Waals surface area (Å²) < 4.78 is 11.8. The van der Waals surface area contributed by atoms with Crippen LogP contribution in [-0.4, -0.2) is 71.6 Å². The van der Waals surface area contributed by atoms with Crippen molar-refractivity contribution in [2.24, 2.45) is 0 Å². The predicted octanol–water partition coefficient (Wildman–Crippen LogP) is 13.2. The van der Waals surface area contributed by atoms with E-state index < -0.39 is 0 Å². The van der Waals surface area contributed by atoms with Crippen LogP contribution < -0.4 is 0 Å². The first-order chi connectivity index (χ1) is 26.9. The molecular weight excluding hydrogens is 687 g/mol. The van der Waals surface area contributed by atoms with Gasteiger partial charge in [0.05, 0.1) is 6.10 Å². The summed E-state index contributed by atoms with van der Waals surface area (Å²) in [5.41, 5.74) is 0. The van der Waals surface area contributed by atoms with Crippen LogP contribution >= 0.6 is 0 Å². The van der Waals surface area contributed by atoms with Crippen molar-refractivity contribution in [1.29, 1.82) is 0 Å². The highest BCUT2D eigenvalue weighted by molar-refractivity contribution is 5.69. The van der Waals surface area contributed by atoms with Crippen LogP contribution in [0.15, 0.2) is 0 Å². The fourth-order valence-corrected chi connectivity index (χ4v) is 7.65. The number of carbonyl (C=O) groups excluding carboxylic acids is 2. The average molecular weight is 782 g/mol. The normalized spacial score (nSPS) is 12.8. The van der Waals surface area contributed by atoms with Crippen LogP contribution in [0.25, 0.3) is 0 Å². The Bertz CT molecular complexity index is 793. The standard InChI is InChI=1S/C48H95NO6/c1-5-9-12-15-19-26-35-45(8-4)54-47(52)38-29-22-18-23-31-40-49(41-32-33-42-50)43-44(51)34-25-24-30-39-48(53)55-46(36-27-20-16-13-10-6-2)37-28-21-17-14-11-7-3/h44-46,50-51H,5-43H2,1-4H3. The molecule has 7 nitrogen and oxygen atoms in total. The third-order valence-electron chi connectivity index (χ3n) is 11.3. The van der Waals surface area contributed by atoms with Gasteiger partial charge < -0.3 is 24.6 Å². The fourth-order valence-electron chi connectivity index (χ4n) is 7.65. The maximum atomic E-state index is 12.8. The van der Waals surface area contributed by atoms with E-state index in [9.17, 15) is 19.8 Å². The number of ether oxygens (including phenoxy) is 2. The van der Waals surface area contributed by atoms with Crippen LogP contribution in [0.4, 0.5) is 0 Å². The molecule has 0 heterocycles. The molecule has 0 radical (unpaired) electrons. The molecule has 0 aromatic rings. The molecule has 2 unspecified atom stereocenters. The van der Waals surface area contributed by atoms with Gasteiger partial charge in [-0.25, -0.2) is 0 Å². The van der Waals surface area contributed by atoms with Gasteiger partial charge in [0, 0.05) is 26.0 Å². The van der Waals surface area contributed by atoms with Crippen molar-refractivity contribution in [3.8, 4) is 0 Å². The van der Waals surface area contributed by atoms with Crippen LogP contribution in [0.3, 0.4) is 0 Å². The van der Waals surface area contributed by atoms with Crippen LogP contribution in [0, 0.1) is 0 Å². The van der Waals surface area contributed by atoms with E-state index in [4.69, 9.17) is 9.47 Å². The average Bonchev–Trinajstić information content (AvgIpc) is 3.17. The SMILES string of the molecule is CCCCCCCCC(CC)OC(=O)CCCCCCCN(CCCCO)CC(O)CCCCCC(=O)OC(CCCCCCCC)CCCCCCCC.